The Labute approximate surface area is 112 Å². The average Bonchev–Trinajstić information content (AvgIpc) is 2.26. The fourth-order valence-corrected chi connectivity index (χ4v) is 1.86. The molecule has 0 spiro atoms. The summed E-state index contributed by atoms with van der Waals surface area (Å²) in [5.74, 6) is -1.25. The van der Waals surface area contributed by atoms with Crippen molar-refractivity contribution in [3.63, 3.8) is 0 Å². The molecule has 1 aliphatic heterocycles. The standard InChI is InChI=1S/C15H16O4/c1-10-4-6-11(7-5-10)13(16)8-12-9-14(17)19-15(2,3)18-12/h4-7,9H,8H2,1-3H3. The topological polar surface area (TPSA) is 52.6 Å². The van der Waals surface area contributed by atoms with Gasteiger partial charge < -0.3 is 9.47 Å². The largest absolute Gasteiger partial charge is 0.456 e. The van der Waals surface area contributed by atoms with Crippen LogP contribution in [0.15, 0.2) is 36.1 Å². The van der Waals surface area contributed by atoms with Crippen LogP contribution in [0.2, 0.25) is 0 Å². The van der Waals surface area contributed by atoms with E-state index in [-0.39, 0.29) is 12.2 Å². The second-order valence-electron chi connectivity index (χ2n) is 5.00. The molecule has 1 aromatic rings. The fourth-order valence-electron chi connectivity index (χ4n) is 1.86. The summed E-state index contributed by atoms with van der Waals surface area (Å²) in [6, 6.07) is 7.29. The number of allylic oxidation sites excluding steroid dienone is 1. The summed E-state index contributed by atoms with van der Waals surface area (Å²) >= 11 is 0. The molecule has 0 saturated carbocycles. The molecular formula is C15H16O4. The maximum Gasteiger partial charge on any atom is 0.337 e. The minimum Gasteiger partial charge on any atom is -0.456 e. The smallest absolute Gasteiger partial charge is 0.337 e. The zero-order valence-corrected chi connectivity index (χ0v) is 11.2. The highest BCUT2D eigenvalue weighted by Crippen LogP contribution is 2.24. The van der Waals surface area contributed by atoms with E-state index < -0.39 is 11.8 Å². The molecule has 0 unspecified atom stereocenters. The van der Waals surface area contributed by atoms with Crippen LogP contribution < -0.4 is 0 Å². The van der Waals surface area contributed by atoms with E-state index in [0.717, 1.165) is 5.56 Å². The van der Waals surface area contributed by atoms with Crippen molar-refractivity contribution in [1.82, 2.24) is 0 Å². The molecule has 1 heterocycles. The summed E-state index contributed by atoms with van der Waals surface area (Å²) in [4.78, 5) is 23.4. The lowest BCUT2D eigenvalue weighted by molar-refractivity contribution is -0.205. The highest BCUT2D eigenvalue weighted by atomic mass is 16.7. The lowest BCUT2D eigenvalue weighted by atomic mass is 10.1. The number of cyclic esters (lactones) is 1. The molecule has 2 rings (SSSR count). The monoisotopic (exact) mass is 260 g/mol. The highest BCUT2D eigenvalue weighted by Gasteiger charge is 2.30. The summed E-state index contributed by atoms with van der Waals surface area (Å²) in [7, 11) is 0. The van der Waals surface area contributed by atoms with E-state index in [1.54, 1.807) is 26.0 Å². The van der Waals surface area contributed by atoms with Gasteiger partial charge in [-0.25, -0.2) is 4.79 Å². The zero-order chi connectivity index (χ0) is 14.0. The number of carbonyl (C=O) groups excluding carboxylic acids is 2. The van der Waals surface area contributed by atoms with Crippen LogP contribution in [0.4, 0.5) is 0 Å². The molecule has 100 valence electrons. The van der Waals surface area contributed by atoms with E-state index in [2.05, 4.69) is 0 Å². The summed E-state index contributed by atoms with van der Waals surface area (Å²) in [5.41, 5.74) is 1.70. The molecule has 19 heavy (non-hydrogen) atoms. The van der Waals surface area contributed by atoms with Gasteiger partial charge in [0.15, 0.2) is 5.78 Å². The van der Waals surface area contributed by atoms with Crippen molar-refractivity contribution in [1.29, 1.82) is 0 Å². The second-order valence-corrected chi connectivity index (χ2v) is 5.00. The summed E-state index contributed by atoms with van der Waals surface area (Å²) in [6.45, 7) is 5.22. The second kappa shape index (κ2) is 4.88. The van der Waals surface area contributed by atoms with Gasteiger partial charge in [0.1, 0.15) is 5.76 Å². The Morgan fingerprint density at radius 2 is 1.79 bits per heavy atom. The molecule has 0 aliphatic carbocycles. The quantitative estimate of drug-likeness (QED) is 0.619. The molecule has 0 N–H and O–H groups in total. The highest BCUT2D eigenvalue weighted by molar-refractivity contribution is 5.98. The van der Waals surface area contributed by atoms with Crippen LogP contribution in [0.1, 0.15) is 36.2 Å². The molecule has 1 aromatic carbocycles. The van der Waals surface area contributed by atoms with Crippen molar-refractivity contribution >= 4 is 11.8 Å². The molecule has 0 aromatic heterocycles. The lowest BCUT2D eigenvalue weighted by Gasteiger charge is -2.30. The molecule has 1 aliphatic rings. The van der Waals surface area contributed by atoms with Crippen LogP contribution in [0.3, 0.4) is 0 Å². The Morgan fingerprint density at radius 3 is 2.37 bits per heavy atom. The Hall–Kier alpha value is -2.10. The molecule has 0 radical (unpaired) electrons. The first kappa shape index (κ1) is 13.3. The van der Waals surface area contributed by atoms with Gasteiger partial charge >= 0.3 is 5.97 Å². The number of benzene rings is 1. The van der Waals surface area contributed by atoms with Gasteiger partial charge in [-0.15, -0.1) is 0 Å². The summed E-state index contributed by atoms with van der Waals surface area (Å²) in [6.07, 6.45) is 1.28. The van der Waals surface area contributed by atoms with Gasteiger partial charge in [-0.2, -0.15) is 0 Å². The molecule has 0 fully saturated rings. The number of ketones is 1. The fraction of sp³-hybridized carbons (Fsp3) is 0.333. The van der Waals surface area contributed by atoms with Crippen LogP contribution in [0.5, 0.6) is 0 Å². The van der Waals surface area contributed by atoms with Gasteiger partial charge in [-0.1, -0.05) is 29.8 Å². The average molecular weight is 260 g/mol. The molecule has 0 bridgehead atoms. The molecule has 0 saturated heterocycles. The van der Waals surface area contributed by atoms with Crippen molar-refractivity contribution in [3.05, 3.63) is 47.2 Å². The number of ether oxygens (including phenoxy) is 2. The number of hydrogen-bond acceptors (Lipinski definition) is 4. The summed E-state index contributed by atoms with van der Waals surface area (Å²) in [5, 5.41) is 0. The first-order valence-electron chi connectivity index (χ1n) is 6.08. The minimum atomic E-state index is -1.02. The Balaban J connectivity index is 2.11. The first-order chi connectivity index (χ1) is 8.85. The first-order valence-corrected chi connectivity index (χ1v) is 6.08. The maximum atomic E-state index is 12.1. The lowest BCUT2D eigenvalue weighted by Crippen LogP contribution is -2.34. The van der Waals surface area contributed by atoms with Gasteiger partial charge in [0.2, 0.25) is 5.79 Å². The number of esters is 1. The van der Waals surface area contributed by atoms with Crippen LogP contribution in [-0.2, 0) is 14.3 Å². The van der Waals surface area contributed by atoms with Crippen LogP contribution in [-0.4, -0.2) is 17.5 Å². The van der Waals surface area contributed by atoms with Crippen molar-refractivity contribution in [2.24, 2.45) is 0 Å². The van der Waals surface area contributed by atoms with E-state index in [0.29, 0.717) is 11.3 Å². The molecule has 4 heteroatoms. The number of carbonyl (C=O) groups is 2. The SMILES string of the molecule is Cc1ccc(C(=O)CC2=CC(=O)OC(C)(C)O2)cc1. The Morgan fingerprint density at radius 1 is 1.16 bits per heavy atom. The number of hydrogen-bond donors (Lipinski definition) is 0. The number of aryl methyl sites for hydroxylation is 1. The van der Waals surface area contributed by atoms with Crippen molar-refractivity contribution < 1.29 is 19.1 Å². The number of Topliss-reactive ketones (excluding diaryl/α,β-unsaturated/α-hetero) is 1. The Kier molecular flexibility index (Phi) is 3.42. The molecule has 4 nitrogen and oxygen atoms in total. The predicted octanol–water partition coefficient (Wildman–Crippen LogP) is 2.76. The third kappa shape index (κ3) is 3.44. The van der Waals surface area contributed by atoms with Gasteiger partial charge in [-0.05, 0) is 6.92 Å². The predicted molar refractivity (Wildman–Crippen MR) is 69.5 cm³/mol. The normalized spacial score (nSPS) is 17.2. The minimum absolute atomic E-state index is 0.0571. The maximum absolute atomic E-state index is 12.1. The van der Waals surface area contributed by atoms with Gasteiger partial charge in [-0.3, -0.25) is 4.79 Å². The van der Waals surface area contributed by atoms with Gasteiger partial charge in [0.25, 0.3) is 0 Å². The van der Waals surface area contributed by atoms with Crippen molar-refractivity contribution in [3.8, 4) is 0 Å². The van der Waals surface area contributed by atoms with E-state index in [4.69, 9.17) is 9.47 Å². The third-order valence-corrected chi connectivity index (χ3v) is 2.71. The Bertz CT molecular complexity index is 538. The molecular weight excluding hydrogens is 244 g/mol. The van der Waals surface area contributed by atoms with Crippen LogP contribution in [0, 0.1) is 6.92 Å². The number of rotatable bonds is 3. The zero-order valence-electron chi connectivity index (χ0n) is 11.2. The van der Waals surface area contributed by atoms with Gasteiger partial charge in [0.05, 0.1) is 12.5 Å². The molecule has 0 atom stereocenters. The third-order valence-electron chi connectivity index (χ3n) is 2.71. The van der Waals surface area contributed by atoms with E-state index in [1.165, 1.54) is 6.08 Å². The van der Waals surface area contributed by atoms with E-state index in [9.17, 15) is 9.59 Å². The van der Waals surface area contributed by atoms with E-state index in [1.807, 2.05) is 19.1 Å². The molecule has 0 amide bonds. The van der Waals surface area contributed by atoms with Crippen LogP contribution in [0.25, 0.3) is 0 Å². The van der Waals surface area contributed by atoms with Crippen molar-refractivity contribution in [2.45, 2.75) is 33.0 Å². The summed E-state index contributed by atoms with van der Waals surface area (Å²) < 4.78 is 10.4. The van der Waals surface area contributed by atoms with Crippen LogP contribution >= 0.6 is 0 Å². The van der Waals surface area contributed by atoms with E-state index >= 15 is 0 Å². The van der Waals surface area contributed by atoms with Crippen molar-refractivity contribution in [2.75, 3.05) is 0 Å². The van der Waals surface area contributed by atoms with Gasteiger partial charge in [0, 0.05) is 19.4 Å².